The number of carbonyl (C=O) groups excluding carboxylic acids is 3. The first-order chi connectivity index (χ1) is 20.2. The topological polar surface area (TPSA) is 178 Å². The van der Waals surface area contributed by atoms with Gasteiger partial charge in [-0.3, -0.25) is 19.4 Å². The van der Waals surface area contributed by atoms with Gasteiger partial charge in [0.1, 0.15) is 6.04 Å². The zero-order chi connectivity index (χ0) is 30.4. The fourth-order valence-electron chi connectivity index (χ4n) is 4.85. The van der Waals surface area contributed by atoms with E-state index in [2.05, 4.69) is 20.9 Å². The van der Waals surface area contributed by atoms with Crippen molar-refractivity contribution in [3.8, 4) is 0 Å². The summed E-state index contributed by atoms with van der Waals surface area (Å²) in [7, 11) is 1.96. The molecule has 11 heteroatoms. The van der Waals surface area contributed by atoms with Gasteiger partial charge in [0.05, 0.1) is 43.6 Å². The molecule has 0 saturated heterocycles. The van der Waals surface area contributed by atoms with E-state index in [0.717, 1.165) is 16.5 Å². The number of para-hydroxylation sites is 1. The van der Waals surface area contributed by atoms with Gasteiger partial charge in [-0.1, -0.05) is 48.5 Å². The van der Waals surface area contributed by atoms with E-state index in [1.807, 2.05) is 67.7 Å². The van der Waals surface area contributed by atoms with Crippen molar-refractivity contribution < 1.29 is 18.9 Å². The number of nitrogens with two attached hydrogens (primary N) is 3. The Morgan fingerprint density at radius 2 is 1.62 bits per heavy atom. The van der Waals surface area contributed by atoms with Crippen molar-refractivity contribution in [2.24, 2.45) is 17.2 Å². The van der Waals surface area contributed by atoms with E-state index in [-0.39, 0.29) is 18.4 Å². The van der Waals surface area contributed by atoms with Crippen LogP contribution in [0.2, 0.25) is 0 Å². The minimum atomic E-state index is -0.827. The van der Waals surface area contributed by atoms with E-state index >= 15 is 0 Å². The normalized spacial score (nSPS) is 12.9. The third-order valence-corrected chi connectivity index (χ3v) is 7.27. The number of benzene rings is 2. The molecule has 3 amide bonds. The second-order valence-electron chi connectivity index (χ2n) is 10.9. The Kier molecular flexibility index (Phi) is 12.8. The molecular formula is C31H45N8O3+. The smallest absolute Gasteiger partial charge is 0.275 e. The van der Waals surface area contributed by atoms with Crippen LogP contribution >= 0.6 is 0 Å². The van der Waals surface area contributed by atoms with Crippen LogP contribution in [0, 0.1) is 0 Å². The molecule has 0 aliphatic heterocycles. The van der Waals surface area contributed by atoms with Gasteiger partial charge in [0.15, 0.2) is 6.54 Å². The van der Waals surface area contributed by atoms with Crippen molar-refractivity contribution >= 4 is 34.3 Å². The van der Waals surface area contributed by atoms with Crippen LogP contribution in [0.1, 0.15) is 24.8 Å². The Bertz CT molecular complexity index is 1300. The van der Waals surface area contributed by atoms with Gasteiger partial charge in [-0.15, -0.1) is 0 Å². The van der Waals surface area contributed by atoms with Gasteiger partial charge in [-0.25, -0.2) is 0 Å². The van der Waals surface area contributed by atoms with Crippen LogP contribution in [0.25, 0.3) is 10.9 Å². The lowest BCUT2D eigenvalue weighted by Crippen LogP contribution is -2.55. The summed E-state index contributed by atoms with van der Waals surface area (Å²) in [6, 6.07) is 17.6. The predicted octanol–water partition coefficient (Wildman–Crippen LogP) is 0.879. The van der Waals surface area contributed by atoms with Crippen molar-refractivity contribution in [2.75, 3.05) is 51.6 Å². The van der Waals surface area contributed by atoms with Crippen molar-refractivity contribution in [1.82, 2.24) is 15.6 Å². The third-order valence-electron chi connectivity index (χ3n) is 7.27. The van der Waals surface area contributed by atoms with E-state index in [0.29, 0.717) is 68.6 Å². The molecule has 0 aliphatic rings. The number of nitrogens with one attached hydrogen (secondary N) is 3. The number of hydrogen-bond acceptors (Lipinski definition) is 7. The minimum absolute atomic E-state index is 0.0988. The first kappa shape index (κ1) is 32.6. The predicted molar refractivity (Wildman–Crippen MR) is 166 cm³/mol. The number of aromatic nitrogens is 1. The van der Waals surface area contributed by atoms with Crippen molar-refractivity contribution in [3.63, 3.8) is 0 Å². The number of carbonyl (C=O) groups is 3. The molecule has 1 heterocycles. The van der Waals surface area contributed by atoms with E-state index in [1.165, 1.54) is 0 Å². The molecule has 0 radical (unpaired) electrons. The number of quaternary nitrogens is 1. The van der Waals surface area contributed by atoms with Gasteiger partial charge in [0, 0.05) is 25.0 Å². The molecule has 9 N–H and O–H groups in total. The van der Waals surface area contributed by atoms with Crippen LogP contribution in [-0.4, -0.2) is 85.6 Å². The van der Waals surface area contributed by atoms with Gasteiger partial charge < -0.3 is 37.6 Å². The Morgan fingerprint density at radius 1 is 0.929 bits per heavy atom. The zero-order valence-corrected chi connectivity index (χ0v) is 24.4. The Morgan fingerprint density at radius 3 is 2.33 bits per heavy atom. The quantitative estimate of drug-likeness (QED) is 0.102. The molecule has 0 fully saturated rings. The molecule has 0 saturated carbocycles. The second-order valence-corrected chi connectivity index (χ2v) is 10.9. The number of amides is 3. The SMILES string of the molecule is C[N+](CCN)(CCN)CC(=O)NCCC[C@H](N)C(=O)N[C@@H](CCc1ccccc1)C(=O)Nc1cnc2ccccc2c1. The summed E-state index contributed by atoms with van der Waals surface area (Å²) in [6.45, 7) is 2.93. The number of rotatable bonds is 17. The number of nitrogens with zero attached hydrogens (tertiary/aromatic N) is 2. The molecule has 2 atom stereocenters. The molecule has 2 aromatic carbocycles. The van der Waals surface area contributed by atoms with Crippen LogP contribution in [0.4, 0.5) is 5.69 Å². The summed E-state index contributed by atoms with van der Waals surface area (Å²) in [5, 5.41) is 9.53. The number of aryl methyl sites for hydroxylation is 1. The summed E-state index contributed by atoms with van der Waals surface area (Å²) in [6.07, 6.45) is 3.47. The average molecular weight is 578 g/mol. The minimum Gasteiger partial charge on any atom is -0.351 e. The second kappa shape index (κ2) is 16.5. The summed E-state index contributed by atoms with van der Waals surface area (Å²) in [5.74, 6) is -0.855. The Labute approximate surface area is 247 Å². The maximum Gasteiger partial charge on any atom is 0.275 e. The molecule has 11 nitrogen and oxygen atoms in total. The monoisotopic (exact) mass is 577 g/mol. The first-order valence-electron chi connectivity index (χ1n) is 14.5. The molecule has 3 rings (SSSR count). The van der Waals surface area contributed by atoms with Crippen LogP contribution in [0.5, 0.6) is 0 Å². The first-order valence-corrected chi connectivity index (χ1v) is 14.5. The van der Waals surface area contributed by atoms with Crippen molar-refractivity contribution in [3.05, 3.63) is 72.4 Å². The van der Waals surface area contributed by atoms with E-state index < -0.39 is 18.0 Å². The van der Waals surface area contributed by atoms with Gasteiger partial charge in [-0.2, -0.15) is 0 Å². The molecule has 0 spiro atoms. The average Bonchev–Trinajstić information content (AvgIpc) is 2.97. The number of hydrogen-bond donors (Lipinski definition) is 6. The van der Waals surface area contributed by atoms with Crippen LogP contribution in [0.15, 0.2) is 66.9 Å². The highest BCUT2D eigenvalue weighted by molar-refractivity contribution is 5.98. The Balaban J connectivity index is 1.54. The number of anilines is 1. The lowest BCUT2D eigenvalue weighted by molar-refractivity contribution is -0.899. The maximum absolute atomic E-state index is 13.3. The van der Waals surface area contributed by atoms with Crippen LogP contribution in [0.3, 0.4) is 0 Å². The largest absolute Gasteiger partial charge is 0.351 e. The molecule has 0 aliphatic carbocycles. The molecule has 1 aromatic heterocycles. The van der Waals surface area contributed by atoms with Crippen molar-refractivity contribution in [2.45, 2.75) is 37.8 Å². The highest BCUT2D eigenvalue weighted by Gasteiger charge is 2.25. The fraction of sp³-hybridized carbons (Fsp3) is 0.419. The lowest BCUT2D eigenvalue weighted by Gasteiger charge is -2.33. The summed E-state index contributed by atoms with van der Waals surface area (Å²) >= 11 is 0. The number of fused-ring (bicyclic) bond motifs is 1. The fourth-order valence-corrected chi connectivity index (χ4v) is 4.85. The molecule has 3 aromatic rings. The third kappa shape index (κ3) is 10.5. The van der Waals surface area contributed by atoms with Crippen molar-refractivity contribution in [1.29, 1.82) is 0 Å². The van der Waals surface area contributed by atoms with E-state index in [1.54, 1.807) is 6.20 Å². The number of pyridine rings is 1. The van der Waals surface area contributed by atoms with Gasteiger partial charge in [0.2, 0.25) is 11.8 Å². The van der Waals surface area contributed by atoms with E-state index in [9.17, 15) is 14.4 Å². The Hall–Kier alpha value is -3.90. The van der Waals surface area contributed by atoms with Crippen LogP contribution < -0.4 is 33.2 Å². The molecular weight excluding hydrogens is 532 g/mol. The zero-order valence-electron chi connectivity index (χ0n) is 24.4. The van der Waals surface area contributed by atoms with Gasteiger partial charge in [-0.05, 0) is 43.4 Å². The maximum atomic E-state index is 13.3. The highest BCUT2D eigenvalue weighted by atomic mass is 16.2. The van der Waals surface area contributed by atoms with Gasteiger partial charge >= 0.3 is 0 Å². The van der Waals surface area contributed by atoms with Gasteiger partial charge in [0.25, 0.3) is 5.91 Å². The standard InChI is InChI=1S/C31H44N8O3/c1-39(18-15-32,19-16-33)22-29(40)35-17-7-11-26(34)30(41)38-28(14-13-23-8-3-2-4-9-23)31(42)37-25-20-24-10-5-6-12-27(24)36-21-25/h2-6,8-10,12,20-21,26,28H,7,11,13-19,22,32-34H2,1H3,(H2-,35,37,38,40,41,42)/p+1/t26-,28-/m0/s1. The molecule has 0 bridgehead atoms. The number of likely N-dealkylation sites (N-methyl/N-ethyl adjacent to an activating group) is 1. The lowest BCUT2D eigenvalue weighted by atomic mass is 10.0. The summed E-state index contributed by atoms with van der Waals surface area (Å²) in [4.78, 5) is 43.2. The highest BCUT2D eigenvalue weighted by Crippen LogP contribution is 2.17. The van der Waals surface area contributed by atoms with Crippen LogP contribution in [-0.2, 0) is 20.8 Å². The summed E-state index contributed by atoms with van der Waals surface area (Å²) in [5.41, 5.74) is 20.0. The molecule has 42 heavy (non-hydrogen) atoms. The molecule has 0 unspecified atom stereocenters. The molecule has 226 valence electrons. The summed E-state index contributed by atoms with van der Waals surface area (Å²) < 4.78 is 0.475. The van der Waals surface area contributed by atoms with E-state index in [4.69, 9.17) is 17.2 Å².